The number of ether oxygens (including phenoxy) is 3. The first-order chi connectivity index (χ1) is 16.0. The van der Waals surface area contributed by atoms with Gasteiger partial charge in [-0.3, -0.25) is 9.69 Å². The van der Waals surface area contributed by atoms with Crippen molar-refractivity contribution >= 4 is 36.1 Å². The third kappa shape index (κ3) is 3.43. The number of rotatable bonds is 5. The molecule has 0 N–H and O–H groups in total. The van der Waals surface area contributed by atoms with Gasteiger partial charge in [0.05, 0.1) is 24.9 Å². The van der Waals surface area contributed by atoms with Crippen LogP contribution in [0, 0.1) is 5.41 Å². The number of hydrogen-bond donors (Lipinski definition) is 0. The van der Waals surface area contributed by atoms with Crippen LogP contribution in [0.2, 0.25) is 0 Å². The average Bonchev–Trinajstić information content (AvgIpc) is 3.18. The summed E-state index contributed by atoms with van der Waals surface area (Å²) in [7, 11) is 8.05. The maximum Gasteiger partial charge on any atom is 0.261 e. The number of thioether (sulfide) groups is 1. The summed E-state index contributed by atoms with van der Waals surface area (Å²) in [6.07, 6.45) is 7.29. The Hall–Kier alpha value is -1.35. The Kier molecular flexibility index (Phi) is 5.63. The first-order valence-corrected chi connectivity index (χ1v) is 13.2. The summed E-state index contributed by atoms with van der Waals surface area (Å²) >= 11 is 1.67. The van der Waals surface area contributed by atoms with Crippen LogP contribution in [0.3, 0.4) is 0 Å². The second-order valence-electron chi connectivity index (χ2n) is 10.2. The molecule has 2 saturated heterocycles. The van der Waals surface area contributed by atoms with Gasteiger partial charge >= 0.3 is 0 Å². The zero-order valence-electron chi connectivity index (χ0n) is 19.3. The molecule has 6 nitrogen and oxygen atoms in total. The fourth-order valence-corrected chi connectivity index (χ4v) is 7.44. The highest BCUT2D eigenvalue weighted by molar-refractivity contribution is 8.13. The summed E-state index contributed by atoms with van der Waals surface area (Å²) in [6, 6.07) is 6.08. The molecule has 5 aliphatic rings. The van der Waals surface area contributed by atoms with Gasteiger partial charge in [0.15, 0.2) is 10.7 Å². The molecule has 0 aromatic heterocycles. The van der Waals surface area contributed by atoms with E-state index in [0.717, 1.165) is 74.6 Å². The van der Waals surface area contributed by atoms with Crippen molar-refractivity contribution in [3.63, 3.8) is 0 Å². The number of methoxy groups -OCH3 is 1. The predicted octanol–water partition coefficient (Wildman–Crippen LogP) is 2.32. The molecule has 174 valence electrons. The van der Waals surface area contributed by atoms with Crippen molar-refractivity contribution < 1.29 is 19.0 Å². The summed E-state index contributed by atoms with van der Waals surface area (Å²) < 4.78 is 17.1. The molecule has 2 radical (unpaired) electrons. The van der Waals surface area contributed by atoms with Crippen LogP contribution in [0.15, 0.2) is 23.2 Å². The number of amides is 1. The van der Waals surface area contributed by atoms with Crippen molar-refractivity contribution in [1.29, 1.82) is 0 Å². The van der Waals surface area contributed by atoms with Crippen molar-refractivity contribution in [3.05, 3.63) is 29.3 Å². The molecule has 3 heterocycles. The number of carbonyl (C=O) groups excluding carboxylic acids is 1. The van der Waals surface area contributed by atoms with Crippen molar-refractivity contribution in [3.8, 4) is 0 Å². The van der Waals surface area contributed by atoms with Crippen LogP contribution in [0.5, 0.6) is 0 Å². The minimum atomic E-state index is -0.900. The molecule has 33 heavy (non-hydrogen) atoms. The van der Waals surface area contributed by atoms with E-state index >= 15 is 0 Å². The minimum Gasteiger partial charge on any atom is -0.381 e. The van der Waals surface area contributed by atoms with Crippen LogP contribution < -0.4 is 5.46 Å². The normalized spacial score (nSPS) is 37.2. The molecule has 3 unspecified atom stereocenters. The first-order valence-electron chi connectivity index (χ1n) is 12.2. The van der Waals surface area contributed by atoms with Crippen molar-refractivity contribution in [2.24, 2.45) is 10.4 Å². The molecule has 3 aliphatic heterocycles. The smallest absolute Gasteiger partial charge is 0.261 e. The number of aliphatic imine (C=N–C) groups is 1. The Bertz CT molecular complexity index is 971. The van der Waals surface area contributed by atoms with Crippen LogP contribution in [-0.2, 0) is 31.0 Å². The fourth-order valence-electron chi connectivity index (χ4n) is 6.32. The monoisotopic (exact) mass is 466 g/mol. The average molecular weight is 466 g/mol. The molecule has 3 fully saturated rings. The molecule has 3 atom stereocenters. The molecule has 1 amide bonds. The molecule has 1 saturated carbocycles. The summed E-state index contributed by atoms with van der Waals surface area (Å²) in [4.78, 5) is 21.8. The standard InChI is InChI=1S/C25H31BN2O4S/c1-30-18-4-8-24(9-5-18)13-16-2-3-17(26)12-21(16)25(24)22(29)28(14-19-6-10-31-19)23(27-25)33-15-20-7-11-32-20/h2-3,12,18-20H,4-11,13-15H2,1H3. The Morgan fingerprint density at radius 1 is 1.18 bits per heavy atom. The van der Waals surface area contributed by atoms with Gasteiger partial charge in [-0.15, -0.1) is 0 Å². The molecular formula is C25H31BN2O4S. The third-order valence-electron chi connectivity index (χ3n) is 8.46. The summed E-state index contributed by atoms with van der Waals surface area (Å²) in [5.74, 6) is 0.933. The number of amidine groups is 1. The second kappa shape index (κ2) is 8.40. The highest BCUT2D eigenvalue weighted by atomic mass is 32.2. The van der Waals surface area contributed by atoms with E-state index in [4.69, 9.17) is 27.0 Å². The Morgan fingerprint density at radius 2 is 1.91 bits per heavy atom. The molecule has 6 rings (SSSR count). The minimum absolute atomic E-state index is 0.0942. The lowest BCUT2D eigenvalue weighted by atomic mass is 9.61. The molecule has 1 aromatic rings. The second-order valence-corrected chi connectivity index (χ2v) is 11.2. The molecular weight excluding hydrogens is 435 g/mol. The maximum atomic E-state index is 14.5. The number of nitrogens with zero attached hydrogens (tertiary/aromatic N) is 2. The van der Waals surface area contributed by atoms with E-state index in [-0.39, 0.29) is 29.6 Å². The molecule has 0 bridgehead atoms. The van der Waals surface area contributed by atoms with E-state index < -0.39 is 5.54 Å². The highest BCUT2D eigenvalue weighted by Crippen LogP contribution is 2.62. The van der Waals surface area contributed by atoms with E-state index in [9.17, 15) is 4.79 Å². The van der Waals surface area contributed by atoms with Gasteiger partial charge < -0.3 is 14.2 Å². The van der Waals surface area contributed by atoms with Gasteiger partial charge in [-0.25, -0.2) is 4.99 Å². The summed E-state index contributed by atoms with van der Waals surface area (Å²) in [5.41, 5.74) is 1.78. The number of hydrogen-bond acceptors (Lipinski definition) is 6. The van der Waals surface area contributed by atoms with Gasteiger partial charge in [-0.1, -0.05) is 35.4 Å². The topological polar surface area (TPSA) is 60.4 Å². The lowest BCUT2D eigenvalue weighted by Crippen LogP contribution is -2.53. The van der Waals surface area contributed by atoms with E-state index in [1.165, 1.54) is 5.56 Å². The highest BCUT2D eigenvalue weighted by Gasteiger charge is 2.67. The van der Waals surface area contributed by atoms with Gasteiger partial charge in [-0.2, -0.15) is 0 Å². The predicted molar refractivity (Wildman–Crippen MR) is 129 cm³/mol. The van der Waals surface area contributed by atoms with Crippen LogP contribution in [-0.4, -0.2) is 74.8 Å². The van der Waals surface area contributed by atoms with Gasteiger partial charge in [0.25, 0.3) is 5.91 Å². The molecule has 8 heteroatoms. The van der Waals surface area contributed by atoms with Crippen molar-refractivity contribution in [2.75, 3.05) is 32.6 Å². The van der Waals surface area contributed by atoms with Gasteiger partial charge in [0, 0.05) is 31.5 Å². The van der Waals surface area contributed by atoms with Gasteiger partial charge in [0.2, 0.25) is 0 Å². The largest absolute Gasteiger partial charge is 0.381 e. The summed E-state index contributed by atoms with van der Waals surface area (Å²) in [5, 5.41) is 0.828. The first kappa shape index (κ1) is 22.1. The maximum absolute atomic E-state index is 14.5. The Balaban J connectivity index is 1.42. The quantitative estimate of drug-likeness (QED) is 0.624. The Morgan fingerprint density at radius 3 is 2.55 bits per heavy atom. The van der Waals surface area contributed by atoms with Crippen LogP contribution in [0.4, 0.5) is 0 Å². The van der Waals surface area contributed by atoms with E-state index in [2.05, 4.69) is 6.07 Å². The van der Waals surface area contributed by atoms with E-state index in [0.29, 0.717) is 12.0 Å². The van der Waals surface area contributed by atoms with Crippen molar-refractivity contribution in [1.82, 2.24) is 4.90 Å². The van der Waals surface area contributed by atoms with Crippen LogP contribution in [0.25, 0.3) is 0 Å². The lowest BCUT2D eigenvalue weighted by molar-refractivity contribution is -0.141. The van der Waals surface area contributed by atoms with E-state index in [1.807, 2.05) is 17.0 Å². The molecule has 2 aliphatic carbocycles. The number of fused-ring (bicyclic) bond motifs is 3. The number of carbonyl (C=O) groups is 1. The third-order valence-corrected chi connectivity index (χ3v) is 9.57. The molecule has 2 spiro atoms. The number of benzene rings is 1. The zero-order valence-corrected chi connectivity index (χ0v) is 20.1. The van der Waals surface area contributed by atoms with Gasteiger partial charge in [-0.05, 0) is 56.1 Å². The van der Waals surface area contributed by atoms with Gasteiger partial charge in [0.1, 0.15) is 7.85 Å². The molecule has 1 aromatic carbocycles. The fraction of sp³-hybridized carbons (Fsp3) is 0.680. The lowest BCUT2D eigenvalue weighted by Gasteiger charge is -2.45. The SMILES string of the molecule is [B]c1ccc2c(c1)C1(N=C(SCC3CCO3)N(CC3CCO3)C1=O)C1(CCC(OC)CC1)C2. The summed E-state index contributed by atoms with van der Waals surface area (Å²) in [6.45, 7) is 2.18. The van der Waals surface area contributed by atoms with E-state index in [1.54, 1.807) is 18.9 Å². The van der Waals surface area contributed by atoms with Crippen molar-refractivity contribution in [2.45, 2.75) is 68.8 Å². The zero-order chi connectivity index (χ0) is 22.6. The Labute approximate surface area is 201 Å². The van der Waals surface area contributed by atoms with Crippen LogP contribution >= 0.6 is 11.8 Å². The van der Waals surface area contributed by atoms with Crippen LogP contribution in [0.1, 0.15) is 49.7 Å².